The Kier molecular flexibility index (Phi) is 19.4. The zero-order valence-electron chi connectivity index (χ0n) is 30.5. The van der Waals surface area contributed by atoms with Crippen molar-refractivity contribution >= 4 is 29.0 Å². The first kappa shape index (κ1) is 49.7. The van der Waals surface area contributed by atoms with E-state index in [2.05, 4.69) is 64.4 Å². The van der Waals surface area contributed by atoms with E-state index in [-0.39, 0.29) is 0 Å². The summed E-state index contributed by atoms with van der Waals surface area (Å²) in [5.41, 5.74) is 5.05. The molecule has 12 nitrogen and oxygen atoms in total. The van der Waals surface area contributed by atoms with Crippen LogP contribution in [-0.2, 0) is 80.1 Å². The predicted octanol–water partition coefficient (Wildman–Crippen LogP) is 3.82. The highest BCUT2D eigenvalue weighted by Crippen LogP contribution is 2.09. The molecule has 5 rings (SSSR count). The topological polar surface area (TPSA) is 86.8 Å². The third-order valence-corrected chi connectivity index (χ3v) is 7.13. The van der Waals surface area contributed by atoms with E-state index in [1.807, 2.05) is 46.9 Å². The van der Waals surface area contributed by atoms with Crippen LogP contribution in [0.3, 0.4) is 0 Å². The van der Waals surface area contributed by atoms with Crippen LogP contribution < -0.4 is 18.7 Å². The Morgan fingerprint density at radius 2 is 0.518 bits per heavy atom. The molecule has 1 aliphatic rings. The quantitative estimate of drug-likeness (QED) is 0.153. The minimum absolute atomic E-state index is 0.884. The standard InChI is InChI=1S/C24H40N12.4BF4/c1-29-21-9-5-10-22-18-35(26-30(22)2)15-8-16-36-20-24(32(4)28-36)12-6-11-23-19-34(27-31(23)3)14-7-13-33(17-21)25-29;4*2-1(3,4)5/h17-20H,5-16H2,1-4H3;;;;/q+4;4*-1. The van der Waals surface area contributed by atoms with E-state index in [0.717, 1.165) is 77.5 Å². The molecular formula is C24H40B4F16N12. The first-order valence-electron chi connectivity index (χ1n) is 16.6. The van der Waals surface area contributed by atoms with Gasteiger partial charge < -0.3 is 69.1 Å². The number of hydrogen-bond acceptors (Lipinski definition) is 4. The van der Waals surface area contributed by atoms with Gasteiger partial charge >= 0.3 is 29.0 Å². The molecule has 5 heterocycles. The number of hydrogen-bond donors (Lipinski definition) is 0. The molecule has 0 saturated carbocycles. The van der Waals surface area contributed by atoms with E-state index in [9.17, 15) is 69.1 Å². The number of nitrogens with zero attached hydrogens (tertiary/aromatic N) is 12. The second-order valence-electron chi connectivity index (χ2n) is 12.0. The Morgan fingerprint density at radius 1 is 0.357 bits per heavy atom. The minimum Gasteiger partial charge on any atom is -0.418 e. The molecule has 56 heavy (non-hydrogen) atoms. The van der Waals surface area contributed by atoms with Crippen molar-refractivity contribution in [2.45, 2.75) is 77.5 Å². The first-order chi connectivity index (χ1) is 25.4. The van der Waals surface area contributed by atoms with Gasteiger partial charge in [0.2, 0.25) is 0 Å². The van der Waals surface area contributed by atoms with Crippen molar-refractivity contribution in [3.8, 4) is 0 Å². The summed E-state index contributed by atoms with van der Waals surface area (Å²) in [5.74, 6) is 0. The summed E-state index contributed by atoms with van der Waals surface area (Å²) in [4.78, 5) is 0. The fourth-order valence-electron chi connectivity index (χ4n) is 5.08. The summed E-state index contributed by atoms with van der Waals surface area (Å²) in [6, 6.07) is 0. The van der Waals surface area contributed by atoms with Crippen LogP contribution in [0.5, 0.6) is 0 Å². The van der Waals surface area contributed by atoms with E-state index in [0.29, 0.717) is 0 Å². The third-order valence-electron chi connectivity index (χ3n) is 7.13. The molecule has 0 spiro atoms. The lowest BCUT2D eigenvalue weighted by molar-refractivity contribution is -0.782. The monoisotopic (exact) mass is 844 g/mol. The Hall–Kier alpha value is -4.30. The van der Waals surface area contributed by atoms with Crippen LogP contribution in [0.2, 0.25) is 0 Å². The average molecular weight is 844 g/mol. The molecule has 32 heteroatoms. The minimum atomic E-state index is -6.00. The van der Waals surface area contributed by atoms with Crippen molar-refractivity contribution in [3.63, 3.8) is 0 Å². The molecule has 0 aliphatic carbocycles. The van der Waals surface area contributed by atoms with Gasteiger partial charge in [-0.15, -0.1) is 37.5 Å². The smallest absolute Gasteiger partial charge is 0.418 e. The van der Waals surface area contributed by atoms with Gasteiger partial charge in [0, 0.05) is 38.5 Å². The average Bonchev–Trinajstić information content (AvgIpc) is 3.72. The highest BCUT2D eigenvalue weighted by Gasteiger charge is 2.23. The molecule has 0 saturated heterocycles. The van der Waals surface area contributed by atoms with Crippen molar-refractivity contribution < 1.29 is 87.8 Å². The Labute approximate surface area is 310 Å². The number of halogens is 16. The van der Waals surface area contributed by atoms with Gasteiger partial charge in [0.05, 0.1) is 20.9 Å². The molecule has 0 radical (unpaired) electrons. The number of rotatable bonds is 0. The van der Waals surface area contributed by atoms with Gasteiger partial charge in [-0.25, -0.2) is 0 Å². The van der Waals surface area contributed by atoms with Gasteiger partial charge in [-0.2, -0.15) is 0 Å². The van der Waals surface area contributed by atoms with Crippen LogP contribution in [0.25, 0.3) is 0 Å². The molecule has 0 aromatic carbocycles. The lowest BCUT2D eigenvalue weighted by Crippen LogP contribution is -2.41. The fraction of sp³-hybridized carbons (Fsp3) is 0.667. The Morgan fingerprint density at radius 3 is 0.679 bits per heavy atom. The molecule has 8 bridgehead atoms. The van der Waals surface area contributed by atoms with Gasteiger partial charge in [-0.05, 0) is 12.8 Å². The molecule has 1 aliphatic heterocycles. The van der Waals surface area contributed by atoms with E-state index < -0.39 is 29.0 Å². The Balaban J connectivity index is 0.000000648. The molecule has 0 N–H and O–H groups in total. The molecule has 0 atom stereocenters. The molecule has 320 valence electrons. The molecule has 4 aromatic rings. The predicted molar refractivity (Wildman–Crippen MR) is 168 cm³/mol. The third kappa shape index (κ3) is 25.7. The van der Waals surface area contributed by atoms with Gasteiger partial charge in [0.1, 0.15) is 54.4 Å². The Bertz CT molecular complexity index is 1460. The van der Waals surface area contributed by atoms with Gasteiger partial charge in [-0.1, -0.05) is 0 Å². The van der Waals surface area contributed by atoms with Crippen molar-refractivity contribution in [2.75, 3.05) is 0 Å². The number of aromatic nitrogens is 12. The second-order valence-corrected chi connectivity index (χ2v) is 12.0. The van der Waals surface area contributed by atoms with E-state index >= 15 is 0 Å². The van der Waals surface area contributed by atoms with Crippen LogP contribution in [0, 0.1) is 0 Å². The molecular weight excluding hydrogens is 804 g/mol. The molecule has 0 unspecified atom stereocenters. The largest absolute Gasteiger partial charge is 0.673 e. The maximum atomic E-state index is 9.75. The molecule has 4 aromatic heterocycles. The summed E-state index contributed by atoms with van der Waals surface area (Å²) >= 11 is 0. The fourth-order valence-corrected chi connectivity index (χ4v) is 5.08. The summed E-state index contributed by atoms with van der Waals surface area (Å²) in [5, 5.41) is 18.7. The van der Waals surface area contributed by atoms with Gasteiger partial charge in [0.15, 0.2) is 47.6 Å². The zero-order chi connectivity index (χ0) is 43.1. The highest BCUT2D eigenvalue weighted by atomic mass is 19.5. The van der Waals surface area contributed by atoms with Crippen LogP contribution in [0.4, 0.5) is 69.1 Å². The van der Waals surface area contributed by atoms with Crippen LogP contribution in [-0.4, -0.2) is 68.6 Å². The van der Waals surface area contributed by atoms with Crippen molar-refractivity contribution in [3.05, 3.63) is 47.6 Å². The molecule has 0 amide bonds. The zero-order valence-corrected chi connectivity index (χ0v) is 30.5. The summed E-state index contributed by atoms with van der Waals surface area (Å²) < 4.78 is 172. The summed E-state index contributed by atoms with van der Waals surface area (Å²) in [6.45, 7) is 3.54. The normalized spacial score (nSPS) is 14.6. The lowest BCUT2D eigenvalue weighted by Gasteiger charge is -1.94. The van der Waals surface area contributed by atoms with Crippen LogP contribution in [0.15, 0.2) is 24.8 Å². The molecule has 0 fully saturated rings. The maximum Gasteiger partial charge on any atom is 0.673 e. The SMILES string of the molecule is Cn1n[n+]2cc1CCCc1c[n+](nn1C)CCC[n+]1cc(n(C)n1)CCCc1c[n+](nn1C)CCC2.F[B-](F)(F)F.F[B-](F)(F)F.F[B-](F)(F)F.F[B-](F)(F)F. The first-order valence-corrected chi connectivity index (χ1v) is 16.6. The second kappa shape index (κ2) is 21.9. The van der Waals surface area contributed by atoms with E-state index in [1.54, 1.807) is 0 Å². The van der Waals surface area contributed by atoms with Crippen LogP contribution in [0.1, 0.15) is 48.5 Å². The lowest BCUT2D eigenvalue weighted by atomic mass is 10.1. The highest BCUT2D eigenvalue weighted by molar-refractivity contribution is 6.50. The maximum absolute atomic E-state index is 9.75. The van der Waals surface area contributed by atoms with Crippen molar-refractivity contribution in [1.29, 1.82) is 0 Å². The summed E-state index contributed by atoms with van der Waals surface area (Å²) in [6.07, 6.45) is 16.9. The van der Waals surface area contributed by atoms with E-state index in [1.165, 1.54) is 22.8 Å². The van der Waals surface area contributed by atoms with Crippen molar-refractivity contribution in [2.24, 2.45) is 28.2 Å². The van der Waals surface area contributed by atoms with Crippen LogP contribution >= 0.6 is 0 Å². The van der Waals surface area contributed by atoms with Gasteiger partial charge in [0.25, 0.3) is 0 Å². The number of fused-ring (bicyclic) bond motifs is 8. The van der Waals surface area contributed by atoms with Gasteiger partial charge in [-0.3, -0.25) is 0 Å². The van der Waals surface area contributed by atoms with E-state index in [4.69, 9.17) is 0 Å². The number of aryl methyl sites for hydroxylation is 12. The van der Waals surface area contributed by atoms with Crippen molar-refractivity contribution in [1.82, 2.24) is 39.6 Å². The summed E-state index contributed by atoms with van der Waals surface area (Å²) in [7, 11) is -15.8.